The zero-order chi connectivity index (χ0) is 16.8. The molecule has 24 heavy (non-hydrogen) atoms. The second-order valence-electron chi connectivity index (χ2n) is 6.52. The molecule has 6 heteroatoms. The van der Waals surface area contributed by atoms with Gasteiger partial charge in [-0.25, -0.2) is 9.97 Å². The van der Waals surface area contributed by atoms with Crippen molar-refractivity contribution >= 4 is 16.9 Å². The molecule has 6 nitrogen and oxygen atoms in total. The maximum Gasteiger partial charge on any atom is 0.145 e. The largest absolute Gasteiger partial charge is 0.390 e. The van der Waals surface area contributed by atoms with Crippen LogP contribution in [0.3, 0.4) is 0 Å². The van der Waals surface area contributed by atoms with Crippen LogP contribution in [0.15, 0.2) is 42.9 Å². The number of nitrogen functional groups attached to an aromatic ring is 1. The van der Waals surface area contributed by atoms with Gasteiger partial charge in [0.15, 0.2) is 0 Å². The number of aromatic nitrogens is 3. The molecule has 1 aliphatic carbocycles. The molecule has 124 valence electrons. The minimum atomic E-state index is -0.859. The van der Waals surface area contributed by atoms with Crippen LogP contribution in [-0.2, 0) is 0 Å². The molecule has 0 aliphatic heterocycles. The van der Waals surface area contributed by atoms with E-state index >= 15 is 0 Å². The van der Waals surface area contributed by atoms with Crippen molar-refractivity contribution in [1.82, 2.24) is 14.5 Å². The molecule has 0 saturated heterocycles. The zero-order valence-electron chi connectivity index (χ0n) is 13.4. The smallest absolute Gasteiger partial charge is 0.145 e. The average molecular weight is 324 g/mol. The van der Waals surface area contributed by atoms with Gasteiger partial charge in [0.2, 0.25) is 0 Å². The van der Waals surface area contributed by atoms with Crippen molar-refractivity contribution in [3.05, 3.63) is 54.0 Å². The van der Waals surface area contributed by atoms with E-state index in [-0.39, 0.29) is 12.0 Å². The number of nitrogens with zero attached hydrogens (tertiary/aromatic N) is 3. The summed E-state index contributed by atoms with van der Waals surface area (Å²) in [5, 5.41) is 22.0. The van der Waals surface area contributed by atoms with E-state index in [1.54, 1.807) is 0 Å². The summed E-state index contributed by atoms with van der Waals surface area (Å²) >= 11 is 0. The minimum absolute atomic E-state index is 0.110. The zero-order valence-corrected chi connectivity index (χ0v) is 13.4. The number of hydrogen-bond donors (Lipinski definition) is 3. The molecule has 0 bridgehead atoms. The van der Waals surface area contributed by atoms with E-state index in [1.165, 1.54) is 6.33 Å². The molecule has 1 saturated carbocycles. The van der Waals surface area contributed by atoms with Crippen LogP contribution in [-0.4, -0.2) is 37.0 Å². The van der Waals surface area contributed by atoms with Crippen molar-refractivity contribution < 1.29 is 10.2 Å². The highest BCUT2D eigenvalue weighted by atomic mass is 16.3. The van der Waals surface area contributed by atoms with Crippen LogP contribution < -0.4 is 5.73 Å². The van der Waals surface area contributed by atoms with Crippen LogP contribution in [0.5, 0.6) is 0 Å². The van der Waals surface area contributed by atoms with Gasteiger partial charge in [0.25, 0.3) is 0 Å². The fourth-order valence-corrected chi connectivity index (χ4v) is 3.77. The van der Waals surface area contributed by atoms with E-state index in [0.717, 1.165) is 16.5 Å². The highest BCUT2D eigenvalue weighted by molar-refractivity contribution is 5.86. The van der Waals surface area contributed by atoms with Gasteiger partial charge < -0.3 is 20.5 Å². The molecule has 2 aromatic heterocycles. The summed E-state index contributed by atoms with van der Waals surface area (Å²) in [5.41, 5.74) is 8.77. The molecule has 1 aromatic carbocycles. The normalized spacial score (nSPS) is 27.0. The van der Waals surface area contributed by atoms with Crippen molar-refractivity contribution in [2.24, 2.45) is 0 Å². The van der Waals surface area contributed by atoms with Crippen molar-refractivity contribution in [3.8, 4) is 0 Å². The number of benzene rings is 1. The third-order valence-electron chi connectivity index (χ3n) is 5.02. The van der Waals surface area contributed by atoms with Crippen molar-refractivity contribution in [3.63, 3.8) is 0 Å². The van der Waals surface area contributed by atoms with Crippen LogP contribution in [0.2, 0.25) is 0 Å². The lowest BCUT2D eigenvalue weighted by Crippen LogP contribution is -2.28. The first-order valence-corrected chi connectivity index (χ1v) is 8.06. The monoisotopic (exact) mass is 324 g/mol. The summed E-state index contributed by atoms with van der Waals surface area (Å²) in [7, 11) is 0. The summed E-state index contributed by atoms with van der Waals surface area (Å²) < 4.78 is 1.90. The number of fused-ring (bicyclic) bond motifs is 1. The van der Waals surface area contributed by atoms with Gasteiger partial charge in [-0.15, -0.1) is 0 Å². The Bertz CT molecular complexity index is 892. The standard InChI is InChI=1S/C18H20N4O2/c1-10-3-2-4-11(7-10)13-8-14(16(24)15(13)23)22-6-5-12-17(19)20-9-21-18(12)22/h2-7,9,13-16,23-24H,8H2,1H3,(H2,19,20,21)/t13-,14-,15-,16+/m1/s1. The lowest BCUT2D eigenvalue weighted by molar-refractivity contribution is 0.0179. The molecule has 4 N–H and O–H groups in total. The van der Waals surface area contributed by atoms with Crippen molar-refractivity contribution in [1.29, 1.82) is 0 Å². The van der Waals surface area contributed by atoms with E-state index in [9.17, 15) is 10.2 Å². The van der Waals surface area contributed by atoms with Crippen molar-refractivity contribution in [2.45, 2.75) is 37.5 Å². The fraction of sp³-hybridized carbons (Fsp3) is 0.333. The molecule has 0 amide bonds. The molecule has 0 unspecified atom stereocenters. The lowest BCUT2D eigenvalue weighted by Gasteiger charge is -2.19. The molecule has 1 fully saturated rings. The third kappa shape index (κ3) is 2.26. The summed E-state index contributed by atoms with van der Waals surface area (Å²) in [6.45, 7) is 2.03. The second-order valence-corrected chi connectivity index (χ2v) is 6.52. The Morgan fingerprint density at radius 3 is 2.79 bits per heavy atom. The molecule has 4 rings (SSSR count). The van der Waals surface area contributed by atoms with Gasteiger partial charge in [0.05, 0.1) is 17.5 Å². The molecule has 3 aromatic rings. The van der Waals surface area contributed by atoms with Gasteiger partial charge in [-0.1, -0.05) is 29.8 Å². The molecular formula is C18H20N4O2. The Balaban J connectivity index is 1.73. The Labute approximate surface area is 139 Å². The Morgan fingerprint density at radius 1 is 1.17 bits per heavy atom. The summed E-state index contributed by atoms with van der Waals surface area (Å²) in [6, 6.07) is 9.68. The van der Waals surface area contributed by atoms with Gasteiger partial charge >= 0.3 is 0 Å². The molecule has 0 spiro atoms. The number of aliphatic hydroxyl groups excluding tert-OH is 2. The first-order chi connectivity index (χ1) is 11.6. The van der Waals surface area contributed by atoms with E-state index in [1.807, 2.05) is 42.0 Å². The molecular weight excluding hydrogens is 304 g/mol. The molecule has 1 aliphatic rings. The number of rotatable bonds is 2. The fourth-order valence-electron chi connectivity index (χ4n) is 3.77. The van der Waals surface area contributed by atoms with Gasteiger partial charge in [-0.05, 0) is 25.0 Å². The minimum Gasteiger partial charge on any atom is -0.390 e. The predicted octanol–water partition coefficient (Wildman–Crippen LogP) is 1.77. The predicted molar refractivity (Wildman–Crippen MR) is 91.5 cm³/mol. The van der Waals surface area contributed by atoms with E-state index < -0.39 is 12.2 Å². The van der Waals surface area contributed by atoms with Crippen LogP contribution in [0.25, 0.3) is 11.0 Å². The number of anilines is 1. The summed E-state index contributed by atoms with van der Waals surface area (Å²) in [5.74, 6) is 0.309. The molecule has 4 atom stereocenters. The average Bonchev–Trinajstić information content (AvgIpc) is 3.11. The lowest BCUT2D eigenvalue weighted by atomic mass is 9.94. The molecule has 0 radical (unpaired) electrons. The third-order valence-corrected chi connectivity index (χ3v) is 5.02. The Kier molecular flexibility index (Phi) is 3.51. The number of aliphatic hydroxyl groups is 2. The van der Waals surface area contributed by atoms with E-state index in [2.05, 4.69) is 16.0 Å². The summed E-state index contributed by atoms with van der Waals surface area (Å²) in [6.07, 6.45) is 2.24. The van der Waals surface area contributed by atoms with Crippen LogP contribution in [0, 0.1) is 6.92 Å². The van der Waals surface area contributed by atoms with E-state index in [0.29, 0.717) is 17.9 Å². The first-order valence-electron chi connectivity index (χ1n) is 8.06. The number of aryl methyl sites for hydroxylation is 1. The first kappa shape index (κ1) is 15.1. The number of hydrogen-bond acceptors (Lipinski definition) is 5. The second kappa shape index (κ2) is 5.58. The van der Waals surface area contributed by atoms with Crippen LogP contribution in [0.4, 0.5) is 5.82 Å². The van der Waals surface area contributed by atoms with Gasteiger partial charge in [-0.3, -0.25) is 0 Å². The van der Waals surface area contributed by atoms with Crippen molar-refractivity contribution in [2.75, 3.05) is 5.73 Å². The SMILES string of the molecule is Cc1cccc([C@H]2C[C@@H](n3ccc4c(N)ncnc43)[C@H](O)[C@@H]2O)c1. The topological polar surface area (TPSA) is 97.2 Å². The Morgan fingerprint density at radius 2 is 2.00 bits per heavy atom. The Hall–Kier alpha value is -2.44. The van der Waals surface area contributed by atoms with Gasteiger partial charge in [-0.2, -0.15) is 0 Å². The quantitative estimate of drug-likeness (QED) is 0.667. The maximum absolute atomic E-state index is 10.6. The highest BCUT2D eigenvalue weighted by Crippen LogP contribution is 2.42. The molecule has 2 heterocycles. The highest BCUT2D eigenvalue weighted by Gasteiger charge is 2.43. The van der Waals surface area contributed by atoms with Gasteiger partial charge in [0, 0.05) is 12.1 Å². The van der Waals surface area contributed by atoms with Crippen LogP contribution >= 0.6 is 0 Å². The number of nitrogens with two attached hydrogens (primary N) is 1. The summed E-state index contributed by atoms with van der Waals surface area (Å²) in [4.78, 5) is 8.29. The van der Waals surface area contributed by atoms with Gasteiger partial charge in [0.1, 0.15) is 23.9 Å². The van der Waals surface area contributed by atoms with E-state index in [4.69, 9.17) is 5.73 Å². The van der Waals surface area contributed by atoms with Crippen LogP contribution in [0.1, 0.15) is 29.5 Å². The maximum atomic E-state index is 10.6.